The number of thiophene rings is 1. The van der Waals surface area contributed by atoms with Gasteiger partial charge in [0, 0.05) is 4.88 Å². The predicted octanol–water partition coefficient (Wildman–Crippen LogP) is 5.42. The normalized spacial score (nSPS) is 15.4. The number of halogens is 8. The van der Waals surface area contributed by atoms with Crippen molar-refractivity contribution >= 4 is 34.5 Å². The molecule has 0 saturated carbocycles. The average molecular weight is 317 g/mol. The Bertz CT molecular complexity index is 368. The third kappa shape index (κ3) is 3.42. The van der Waals surface area contributed by atoms with E-state index in [2.05, 4.69) is 0 Å². The lowest BCUT2D eigenvalue weighted by molar-refractivity contribution is -0.284. The molecule has 0 fully saturated rings. The topological polar surface area (TPSA) is 0 Å². The molecule has 1 heterocycles. The van der Waals surface area contributed by atoms with Gasteiger partial charge in [-0.2, -0.15) is 26.3 Å². The smallest absolute Gasteiger partial charge is 0.170 e. The van der Waals surface area contributed by atoms with Crippen LogP contribution < -0.4 is 0 Å². The lowest BCUT2D eigenvalue weighted by atomic mass is 10.0. The Morgan fingerprint density at radius 3 is 1.82 bits per heavy atom. The van der Waals surface area contributed by atoms with Crippen molar-refractivity contribution < 1.29 is 26.3 Å². The van der Waals surface area contributed by atoms with Gasteiger partial charge in [-0.05, 0) is 11.4 Å². The highest BCUT2D eigenvalue weighted by Gasteiger charge is 2.60. The van der Waals surface area contributed by atoms with Crippen molar-refractivity contribution in [3.05, 3.63) is 21.3 Å². The zero-order chi connectivity index (χ0) is 13.4. The molecular weight excluding hydrogens is 313 g/mol. The van der Waals surface area contributed by atoms with Gasteiger partial charge in [0.2, 0.25) is 0 Å². The monoisotopic (exact) mass is 316 g/mol. The van der Waals surface area contributed by atoms with Crippen LogP contribution >= 0.6 is 34.5 Å². The van der Waals surface area contributed by atoms with Crippen LogP contribution in [0.25, 0.3) is 0 Å². The van der Waals surface area contributed by atoms with Crippen LogP contribution in [0.1, 0.15) is 10.3 Å². The van der Waals surface area contributed by atoms with E-state index >= 15 is 0 Å². The Labute approximate surface area is 106 Å². The highest BCUT2D eigenvalue weighted by molar-refractivity contribution is 7.11. The van der Waals surface area contributed by atoms with Crippen LogP contribution in [0.2, 0.25) is 5.02 Å². The van der Waals surface area contributed by atoms with Gasteiger partial charge in [-0.25, -0.2) is 0 Å². The third-order valence-electron chi connectivity index (χ3n) is 1.89. The van der Waals surface area contributed by atoms with Crippen molar-refractivity contribution in [3.63, 3.8) is 0 Å². The van der Waals surface area contributed by atoms with Crippen molar-refractivity contribution in [3.8, 4) is 0 Å². The fourth-order valence-electron chi connectivity index (χ4n) is 1.17. The number of hydrogen-bond acceptors (Lipinski definition) is 1. The quantitative estimate of drug-likeness (QED) is 0.504. The van der Waals surface area contributed by atoms with Crippen molar-refractivity contribution in [1.29, 1.82) is 0 Å². The van der Waals surface area contributed by atoms with Gasteiger partial charge in [0.1, 0.15) is 0 Å². The molecule has 1 rings (SSSR count). The highest BCUT2D eigenvalue weighted by atomic mass is 35.5. The fraction of sp³-hybridized carbons (Fsp3) is 0.500. The molecule has 0 spiro atoms. The van der Waals surface area contributed by atoms with Gasteiger partial charge in [0.05, 0.1) is 10.4 Å². The molecule has 1 aromatic heterocycles. The molecular formula is C8H4Cl2F6S. The van der Waals surface area contributed by atoms with Gasteiger partial charge < -0.3 is 0 Å². The minimum atomic E-state index is -5.47. The van der Waals surface area contributed by atoms with Crippen LogP contribution in [0, 0.1) is 5.92 Å². The summed E-state index contributed by atoms with van der Waals surface area (Å²) in [7, 11) is 0. The maximum atomic E-state index is 12.3. The first-order chi connectivity index (χ1) is 7.55. The van der Waals surface area contributed by atoms with Crippen LogP contribution in [-0.4, -0.2) is 12.4 Å². The molecule has 0 aromatic carbocycles. The summed E-state index contributed by atoms with van der Waals surface area (Å²) >= 11 is 11.4. The predicted molar refractivity (Wildman–Crippen MR) is 53.5 cm³/mol. The lowest BCUT2D eigenvalue weighted by Gasteiger charge is -2.26. The molecule has 0 aliphatic rings. The minimum absolute atomic E-state index is 0.200. The summed E-state index contributed by atoms with van der Waals surface area (Å²) in [5.41, 5.74) is 0. The van der Waals surface area contributed by atoms with E-state index in [4.69, 9.17) is 23.2 Å². The summed E-state index contributed by atoms with van der Waals surface area (Å²) in [6, 6.07) is 1.20. The van der Waals surface area contributed by atoms with Gasteiger partial charge >= 0.3 is 12.4 Å². The largest absolute Gasteiger partial charge is 0.402 e. The van der Waals surface area contributed by atoms with E-state index in [0.29, 0.717) is 11.3 Å². The molecule has 98 valence electrons. The molecule has 0 amide bonds. The second-order valence-corrected chi connectivity index (χ2v) is 4.92. The molecule has 0 saturated heterocycles. The molecule has 0 aliphatic heterocycles. The average Bonchev–Trinajstić information content (AvgIpc) is 2.45. The summed E-state index contributed by atoms with van der Waals surface area (Å²) in [5.74, 6) is -3.63. The number of alkyl halides is 7. The SMILES string of the molecule is FC(F)(F)C(C(Cl)c1sccc1Cl)C(F)(F)F. The van der Waals surface area contributed by atoms with Gasteiger partial charge in [-0.3, -0.25) is 0 Å². The summed E-state index contributed by atoms with van der Waals surface area (Å²) in [6.45, 7) is 0. The Balaban J connectivity index is 3.13. The van der Waals surface area contributed by atoms with Crippen LogP contribution in [0.15, 0.2) is 11.4 Å². The Morgan fingerprint density at radius 1 is 1.06 bits per heavy atom. The Kier molecular flexibility index (Phi) is 4.26. The Morgan fingerprint density at radius 2 is 1.53 bits per heavy atom. The van der Waals surface area contributed by atoms with E-state index in [1.807, 2.05) is 0 Å². The molecule has 0 nitrogen and oxygen atoms in total. The van der Waals surface area contributed by atoms with Gasteiger partial charge in [-0.1, -0.05) is 11.6 Å². The third-order valence-corrected chi connectivity index (χ3v) is 3.93. The van der Waals surface area contributed by atoms with E-state index < -0.39 is 23.6 Å². The molecule has 9 heteroatoms. The maximum absolute atomic E-state index is 12.3. The first-order valence-electron chi connectivity index (χ1n) is 4.05. The van der Waals surface area contributed by atoms with Crippen LogP contribution in [0.4, 0.5) is 26.3 Å². The maximum Gasteiger partial charge on any atom is 0.402 e. The second-order valence-electron chi connectivity index (χ2n) is 3.10. The van der Waals surface area contributed by atoms with Crippen molar-refractivity contribution in [2.45, 2.75) is 17.7 Å². The van der Waals surface area contributed by atoms with E-state index in [1.165, 1.54) is 11.4 Å². The number of rotatable bonds is 2. The van der Waals surface area contributed by atoms with Crippen LogP contribution in [0.5, 0.6) is 0 Å². The second kappa shape index (κ2) is 4.85. The van der Waals surface area contributed by atoms with E-state index in [0.717, 1.165) is 0 Å². The summed E-state index contributed by atoms with van der Waals surface area (Å²) in [4.78, 5) is -0.340. The van der Waals surface area contributed by atoms with Gasteiger partial charge in [0.15, 0.2) is 5.92 Å². The number of hydrogen-bond donors (Lipinski definition) is 0. The molecule has 0 aliphatic carbocycles. The molecule has 1 aromatic rings. The molecule has 1 atom stereocenters. The molecule has 0 radical (unpaired) electrons. The zero-order valence-corrected chi connectivity index (χ0v) is 10.1. The molecule has 1 unspecified atom stereocenters. The van der Waals surface area contributed by atoms with E-state index in [-0.39, 0.29) is 9.90 Å². The summed E-state index contributed by atoms with van der Waals surface area (Å²) in [6.07, 6.45) is -10.9. The van der Waals surface area contributed by atoms with Gasteiger partial charge in [-0.15, -0.1) is 22.9 Å². The van der Waals surface area contributed by atoms with Crippen LogP contribution in [-0.2, 0) is 0 Å². The van der Waals surface area contributed by atoms with E-state index in [9.17, 15) is 26.3 Å². The molecule has 0 N–H and O–H groups in total. The molecule has 17 heavy (non-hydrogen) atoms. The van der Waals surface area contributed by atoms with E-state index in [1.54, 1.807) is 0 Å². The Hall–Kier alpha value is -0.140. The van der Waals surface area contributed by atoms with Crippen LogP contribution in [0.3, 0.4) is 0 Å². The van der Waals surface area contributed by atoms with Crippen molar-refractivity contribution in [2.24, 2.45) is 5.92 Å². The summed E-state index contributed by atoms with van der Waals surface area (Å²) in [5, 5.41) is -1.20. The van der Waals surface area contributed by atoms with Gasteiger partial charge in [0.25, 0.3) is 0 Å². The first-order valence-corrected chi connectivity index (χ1v) is 5.75. The minimum Gasteiger partial charge on any atom is -0.170 e. The molecule has 0 bridgehead atoms. The lowest BCUT2D eigenvalue weighted by Crippen LogP contribution is -2.39. The zero-order valence-electron chi connectivity index (χ0n) is 7.74. The highest BCUT2D eigenvalue weighted by Crippen LogP contribution is 2.51. The fourth-order valence-corrected chi connectivity index (χ4v) is 2.97. The standard InChI is InChI=1S/C8H4Cl2F6S/c9-3-1-2-17-5(3)4(10)6(7(11,12)13)8(14,15)16/h1-2,4,6H. The summed E-state index contributed by atoms with van der Waals surface area (Å²) < 4.78 is 74.1. The van der Waals surface area contributed by atoms with Crippen molar-refractivity contribution in [1.82, 2.24) is 0 Å². The van der Waals surface area contributed by atoms with Crippen molar-refractivity contribution in [2.75, 3.05) is 0 Å². The first kappa shape index (κ1) is 14.9.